The van der Waals surface area contributed by atoms with E-state index < -0.39 is 0 Å². The van der Waals surface area contributed by atoms with Gasteiger partial charge in [-0.3, -0.25) is 0 Å². The maximum Gasteiger partial charge on any atom is 0.0720 e. The van der Waals surface area contributed by atoms with Crippen LogP contribution in [-0.2, 0) is 0 Å². The lowest BCUT2D eigenvalue weighted by Gasteiger charge is -2.12. The number of nitrogens with zero attached hydrogens (tertiary/aromatic N) is 1. The summed E-state index contributed by atoms with van der Waals surface area (Å²) >= 11 is 1.91. The molecule has 8 aromatic rings. The number of aromatic nitrogens is 1. The standard InChI is InChI=1S/C32H19NS/c1-3-11-22-20(8-1)10-7-14-27(22)33-28-19-16-21-9-2-4-12-23(21)30(28)26-18-17-25-24-13-5-6-15-29(24)34-32(25)31(26)33/h1-19H. The Labute approximate surface area is 200 Å². The van der Waals surface area contributed by atoms with Gasteiger partial charge in [-0.2, -0.15) is 0 Å². The van der Waals surface area contributed by atoms with E-state index in [1.807, 2.05) is 11.3 Å². The Morgan fingerprint density at radius 3 is 2.03 bits per heavy atom. The van der Waals surface area contributed by atoms with E-state index in [0.717, 1.165) is 0 Å². The molecule has 0 amide bonds. The molecule has 1 nitrogen and oxygen atoms in total. The summed E-state index contributed by atoms with van der Waals surface area (Å²) in [4.78, 5) is 0. The number of rotatable bonds is 1. The maximum absolute atomic E-state index is 2.51. The molecule has 0 aliphatic rings. The SMILES string of the molecule is c1ccc2c(-n3c4ccc5ccccc5c4c4ccc5c6ccccc6sc5c43)cccc2c1. The molecular weight excluding hydrogens is 430 g/mol. The third kappa shape index (κ3) is 2.33. The zero-order chi connectivity index (χ0) is 22.2. The Morgan fingerprint density at radius 1 is 0.471 bits per heavy atom. The van der Waals surface area contributed by atoms with Crippen molar-refractivity contribution in [3.05, 3.63) is 115 Å². The number of hydrogen-bond donors (Lipinski definition) is 0. The van der Waals surface area contributed by atoms with Gasteiger partial charge >= 0.3 is 0 Å². The van der Waals surface area contributed by atoms with Crippen molar-refractivity contribution in [2.45, 2.75) is 0 Å². The molecule has 0 aliphatic carbocycles. The third-order valence-electron chi connectivity index (χ3n) is 7.17. The summed E-state index contributed by atoms with van der Waals surface area (Å²) in [6.07, 6.45) is 0. The Bertz CT molecular complexity index is 2070. The summed E-state index contributed by atoms with van der Waals surface area (Å²) < 4.78 is 5.20. The molecule has 34 heavy (non-hydrogen) atoms. The predicted octanol–water partition coefficient (Wildman–Crippen LogP) is 9.46. The van der Waals surface area contributed by atoms with E-state index in [9.17, 15) is 0 Å². The van der Waals surface area contributed by atoms with Gasteiger partial charge in [0.2, 0.25) is 0 Å². The first kappa shape index (κ1) is 18.3. The summed E-state index contributed by atoms with van der Waals surface area (Å²) in [5.41, 5.74) is 3.80. The Morgan fingerprint density at radius 2 is 1.15 bits per heavy atom. The van der Waals surface area contributed by atoms with E-state index in [4.69, 9.17) is 0 Å². The van der Waals surface area contributed by atoms with E-state index in [0.29, 0.717) is 0 Å². The van der Waals surface area contributed by atoms with Gasteiger partial charge in [0, 0.05) is 31.6 Å². The van der Waals surface area contributed by atoms with Crippen molar-refractivity contribution in [1.82, 2.24) is 4.57 Å². The summed E-state index contributed by atoms with van der Waals surface area (Å²) in [5, 5.41) is 10.5. The normalized spacial score (nSPS) is 12.1. The van der Waals surface area contributed by atoms with Gasteiger partial charge in [-0.05, 0) is 34.4 Å². The molecule has 0 bridgehead atoms. The molecule has 0 atom stereocenters. The Hall–Kier alpha value is -4.14. The summed E-state index contributed by atoms with van der Waals surface area (Å²) in [5.74, 6) is 0. The molecule has 0 N–H and O–H groups in total. The highest BCUT2D eigenvalue weighted by Gasteiger charge is 2.20. The zero-order valence-corrected chi connectivity index (χ0v) is 19.1. The fourth-order valence-corrected chi connectivity index (χ4v) is 6.94. The van der Waals surface area contributed by atoms with E-state index in [1.54, 1.807) is 0 Å². The minimum Gasteiger partial charge on any atom is -0.307 e. The van der Waals surface area contributed by atoms with Gasteiger partial charge in [0.25, 0.3) is 0 Å². The van der Waals surface area contributed by atoms with Gasteiger partial charge in [0.1, 0.15) is 0 Å². The number of hydrogen-bond acceptors (Lipinski definition) is 1. The van der Waals surface area contributed by atoms with E-state index in [-0.39, 0.29) is 0 Å². The van der Waals surface area contributed by atoms with Crippen LogP contribution in [0.4, 0.5) is 0 Å². The fraction of sp³-hybridized carbons (Fsp3) is 0. The van der Waals surface area contributed by atoms with E-state index >= 15 is 0 Å². The van der Waals surface area contributed by atoms with Crippen LogP contribution in [0.1, 0.15) is 0 Å². The van der Waals surface area contributed by atoms with Gasteiger partial charge in [-0.15, -0.1) is 11.3 Å². The molecule has 0 fully saturated rings. The van der Waals surface area contributed by atoms with Crippen LogP contribution in [0.5, 0.6) is 0 Å². The van der Waals surface area contributed by atoms with Gasteiger partial charge < -0.3 is 4.57 Å². The van der Waals surface area contributed by atoms with Crippen LogP contribution < -0.4 is 0 Å². The molecule has 0 saturated carbocycles. The summed E-state index contributed by atoms with van der Waals surface area (Å²) in [6.45, 7) is 0. The van der Waals surface area contributed by atoms with Crippen molar-refractivity contribution in [3.63, 3.8) is 0 Å². The highest BCUT2D eigenvalue weighted by atomic mass is 32.1. The zero-order valence-electron chi connectivity index (χ0n) is 18.3. The Kier molecular flexibility index (Phi) is 3.60. The van der Waals surface area contributed by atoms with Crippen molar-refractivity contribution < 1.29 is 0 Å². The summed E-state index contributed by atoms with van der Waals surface area (Å²) in [6, 6.07) is 42.1. The first-order chi connectivity index (χ1) is 16.9. The van der Waals surface area contributed by atoms with Crippen LogP contribution in [-0.4, -0.2) is 4.57 Å². The minimum atomic E-state index is 1.23. The van der Waals surface area contributed by atoms with Crippen molar-refractivity contribution in [2.24, 2.45) is 0 Å². The molecule has 8 rings (SSSR count). The molecule has 0 radical (unpaired) electrons. The lowest BCUT2D eigenvalue weighted by atomic mass is 10.0. The minimum absolute atomic E-state index is 1.23. The molecule has 0 saturated heterocycles. The molecule has 0 unspecified atom stereocenters. The average Bonchev–Trinajstić information content (AvgIpc) is 3.44. The molecule has 2 heterocycles. The van der Waals surface area contributed by atoms with Crippen LogP contribution in [0.3, 0.4) is 0 Å². The van der Waals surface area contributed by atoms with Crippen molar-refractivity contribution in [3.8, 4) is 5.69 Å². The first-order valence-corrected chi connectivity index (χ1v) is 12.4. The van der Waals surface area contributed by atoms with E-state index in [2.05, 4.69) is 120 Å². The second-order valence-corrected chi connectivity index (χ2v) is 10.0. The maximum atomic E-state index is 2.51. The summed E-state index contributed by atoms with van der Waals surface area (Å²) in [7, 11) is 0. The fourth-order valence-electron chi connectivity index (χ4n) is 5.70. The average molecular weight is 450 g/mol. The van der Waals surface area contributed by atoms with Crippen LogP contribution in [0.2, 0.25) is 0 Å². The molecule has 2 aromatic heterocycles. The lowest BCUT2D eigenvalue weighted by Crippen LogP contribution is -1.95. The third-order valence-corrected chi connectivity index (χ3v) is 8.36. The first-order valence-electron chi connectivity index (χ1n) is 11.6. The smallest absolute Gasteiger partial charge is 0.0720 e. The van der Waals surface area contributed by atoms with Crippen LogP contribution in [0.15, 0.2) is 115 Å². The van der Waals surface area contributed by atoms with Crippen molar-refractivity contribution >= 4 is 74.9 Å². The largest absolute Gasteiger partial charge is 0.307 e. The number of thiophene rings is 1. The number of fused-ring (bicyclic) bond motifs is 10. The highest BCUT2D eigenvalue weighted by Crippen LogP contribution is 2.45. The van der Waals surface area contributed by atoms with Gasteiger partial charge in [0.15, 0.2) is 0 Å². The topological polar surface area (TPSA) is 4.93 Å². The second-order valence-electron chi connectivity index (χ2n) is 8.95. The Balaban J connectivity index is 1.69. The van der Waals surface area contributed by atoms with Crippen LogP contribution >= 0.6 is 11.3 Å². The molecule has 0 spiro atoms. The molecule has 0 aliphatic heterocycles. The van der Waals surface area contributed by atoms with Gasteiger partial charge in [-0.1, -0.05) is 97.1 Å². The molecular formula is C32H19NS. The monoisotopic (exact) mass is 449 g/mol. The molecule has 2 heteroatoms. The van der Waals surface area contributed by atoms with Crippen molar-refractivity contribution in [2.75, 3.05) is 0 Å². The van der Waals surface area contributed by atoms with Gasteiger partial charge in [-0.25, -0.2) is 0 Å². The van der Waals surface area contributed by atoms with Gasteiger partial charge in [0.05, 0.1) is 21.4 Å². The van der Waals surface area contributed by atoms with Crippen LogP contribution in [0, 0.1) is 0 Å². The lowest BCUT2D eigenvalue weighted by molar-refractivity contribution is 1.21. The van der Waals surface area contributed by atoms with E-state index in [1.165, 1.54) is 69.2 Å². The highest BCUT2D eigenvalue weighted by molar-refractivity contribution is 7.26. The van der Waals surface area contributed by atoms with Crippen LogP contribution in [0.25, 0.3) is 69.2 Å². The predicted molar refractivity (Wildman–Crippen MR) is 149 cm³/mol. The molecule has 158 valence electrons. The quantitative estimate of drug-likeness (QED) is 0.235. The van der Waals surface area contributed by atoms with Crippen molar-refractivity contribution in [1.29, 1.82) is 0 Å². The second kappa shape index (κ2) is 6.69. The molecule has 6 aromatic carbocycles. The number of benzene rings is 6.